The lowest BCUT2D eigenvalue weighted by atomic mass is 9.97. The van der Waals surface area contributed by atoms with Crippen LogP contribution in [0.2, 0.25) is 16.6 Å². The van der Waals surface area contributed by atoms with E-state index in [-0.39, 0.29) is 17.4 Å². The highest BCUT2D eigenvalue weighted by Gasteiger charge is 2.41. The zero-order chi connectivity index (χ0) is 20.2. The van der Waals surface area contributed by atoms with E-state index in [0.29, 0.717) is 16.6 Å². The number of nitrogens with zero attached hydrogens (tertiary/aromatic N) is 1. The summed E-state index contributed by atoms with van der Waals surface area (Å²) in [6.07, 6.45) is 0. The lowest BCUT2D eigenvalue weighted by Gasteiger charge is -2.38. The number of nitro groups is 1. The van der Waals surface area contributed by atoms with Gasteiger partial charge in [-0.25, -0.2) is 0 Å². The van der Waals surface area contributed by atoms with Gasteiger partial charge in [-0.05, 0) is 39.0 Å². The third kappa shape index (κ3) is 4.59. The van der Waals surface area contributed by atoms with E-state index in [4.69, 9.17) is 0 Å². The molecule has 2 rings (SSSR count). The third-order valence-corrected chi connectivity index (χ3v) is 12.1. The first-order valence-electron chi connectivity index (χ1n) is 9.81. The van der Waals surface area contributed by atoms with Gasteiger partial charge in [-0.3, -0.25) is 10.1 Å². The van der Waals surface area contributed by atoms with Crippen molar-refractivity contribution < 1.29 is 4.92 Å². The van der Waals surface area contributed by atoms with Crippen LogP contribution in [0.25, 0.3) is 10.8 Å². The average Bonchev–Trinajstić information content (AvgIpc) is 2.59. The van der Waals surface area contributed by atoms with Crippen LogP contribution in [0.15, 0.2) is 42.5 Å². The van der Waals surface area contributed by atoms with E-state index in [1.54, 1.807) is 0 Å². The van der Waals surface area contributed by atoms with Gasteiger partial charge in [0.25, 0.3) is 0 Å². The number of hydrogen-bond donors (Lipinski definition) is 0. The van der Waals surface area contributed by atoms with Crippen molar-refractivity contribution in [3.63, 3.8) is 0 Å². The highest BCUT2D eigenvalue weighted by Crippen LogP contribution is 2.41. The maximum Gasteiger partial charge on any atom is 0.221 e. The Hall–Kier alpha value is -2.12. The minimum atomic E-state index is -1.91. The van der Waals surface area contributed by atoms with Gasteiger partial charge in [-0.1, -0.05) is 83.9 Å². The zero-order valence-corrected chi connectivity index (χ0v) is 18.3. The molecule has 144 valence electrons. The molecule has 0 spiro atoms. The van der Waals surface area contributed by atoms with Gasteiger partial charge in [-0.2, -0.15) is 0 Å². The molecule has 0 aliphatic rings. The predicted molar refractivity (Wildman–Crippen MR) is 117 cm³/mol. The van der Waals surface area contributed by atoms with Gasteiger partial charge < -0.3 is 0 Å². The van der Waals surface area contributed by atoms with E-state index in [1.807, 2.05) is 30.3 Å². The van der Waals surface area contributed by atoms with Gasteiger partial charge in [0.1, 0.15) is 14.0 Å². The Morgan fingerprint density at radius 2 is 1.48 bits per heavy atom. The molecule has 27 heavy (non-hydrogen) atoms. The van der Waals surface area contributed by atoms with Gasteiger partial charge in [0.2, 0.25) is 6.54 Å². The van der Waals surface area contributed by atoms with Gasteiger partial charge in [0, 0.05) is 4.92 Å². The van der Waals surface area contributed by atoms with E-state index in [0.717, 1.165) is 16.3 Å². The van der Waals surface area contributed by atoms with Crippen LogP contribution in [-0.4, -0.2) is 19.5 Å². The number of benzene rings is 2. The molecule has 3 nitrogen and oxygen atoms in total. The molecular weight excluding hydrogens is 350 g/mol. The molecule has 0 aromatic heterocycles. The fraction of sp³-hybridized carbons (Fsp3) is 0.478. The second kappa shape index (κ2) is 8.71. The van der Waals surface area contributed by atoms with Crippen LogP contribution in [0.1, 0.15) is 53.0 Å². The van der Waals surface area contributed by atoms with Crippen molar-refractivity contribution in [3.05, 3.63) is 58.1 Å². The van der Waals surface area contributed by atoms with Crippen LogP contribution in [0.4, 0.5) is 0 Å². The summed E-state index contributed by atoms with van der Waals surface area (Å²) in [5, 5.41) is 13.6. The molecule has 0 fully saturated rings. The lowest BCUT2D eigenvalue weighted by Crippen LogP contribution is -2.43. The summed E-state index contributed by atoms with van der Waals surface area (Å²) in [4.78, 5) is 11.1. The first-order valence-corrected chi connectivity index (χ1v) is 12.0. The van der Waals surface area contributed by atoms with Crippen LogP contribution < -0.4 is 0 Å². The molecule has 1 atom stereocenters. The van der Waals surface area contributed by atoms with Gasteiger partial charge in [0.15, 0.2) is 0 Å². The molecule has 0 radical (unpaired) electrons. The van der Waals surface area contributed by atoms with Crippen molar-refractivity contribution in [2.45, 2.75) is 64.1 Å². The summed E-state index contributed by atoms with van der Waals surface area (Å²) in [6.45, 7) is 13.4. The molecule has 0 aliphatic carbocycles. The molecule has 4 heteroatoms. The van der Waals surface area contributed by atoms with Crippen LogP contribution in [0, 0.1) is 21.6 Å². The SMILES string of the molecule is CC(C)[Si](C#C[C@H](C[N+](=O)[O-])c1ccc2ccccc2c1)(C(C)C)C(C)C. The molecule has 0 amide bonds. The van der Waals surface area contributed by atoms with Crippen molar-refractivity contribution in [3.8, 4) is 11.5 Å². The van der Waals surface area contributed by atoms with Gasteiger partial charge >= 0.3 is 0 Å². The maximum absolute atomic E-state index is 11.3. The summed E-state index contributed by atoms with van der Waals surface area (Å²) in [5.41, 5.74) is 6.15. The summed E-state index contributed by atoms with van der Waals surface area (Å²) in [5.74, 6) is 3.02. The van der Waals surface area contributed by atoms with Gasteiger partial charge in [0.05, 0.1) is 0 Å². The fourth-order valence-corrected chi connectivity index (χ4v) is 9.74. The standard InChI is InChI=1S/C23H31NO2Si/c1-17(2)27(18(3)4,19(5)6)14-13-23(16-24(25)26)22-12-11-20-9-7-8-10-21(20)15-22/h7-12,15,17-19,23H,16H2,1-6H3/t23-/m1/s1. The van der Waals surface area contributed by atoms with E-state index in [9.17, 15) is 10.1 Å². The van der Waals surface area contributed by atoms with Crippen molar-refractivity contribution in [2.75, 3.05) is 6.54 Å². The van der Waals surface area contributed by atoms with E-state index < -0.39 is 8.07 Å². The first kappa shape index (κ1) is 21.2. The predicted octanol–water partition coefficient (Wildman–Crippen LogP) is 6.42. The Bertz CT molecular complexity index is 840. The first-order chi connectivity index (χ1) is 12.7. The summed E-state index contributed by atoms with van der Waals surface area (Å²) >= 11 is 0. The van der Waals surface area contributed by atoms with Gasteiger partial charge in [-0.15, -0.1) is 5.54 Å². The number of hydrogen-bond acceptors (Lipinski definition) is 2. The molecular formula is C23H31NO2Si. The van der Waals surface area contributed by atoms with Crippen molar-refractivity contribution in [1.29, 1.82) is 0 Å². The maximum atomic E-state index is 11.3. The van der Waals surface area contributed by atoms with E-state index in [2.05, 4.69) is 65.1 Å². The van der Waals surface area contributed by atoms with Crippen LogP contribution >= 0.6 is 0 Å². The summed E-state index contributed by atoms with van der Waals surface area (Å²) < 4.78 is 0. The Labute approximate surface area is 164 Å². The molecule has 0 bridgehead atoms. The molecule has 0 unspecified atom stereocenters. The van der Waals surface area contributed by atoms with Crippen LogP contribution in [0.5, 0.6) is 0 Å². The molecule has 0 aliphatic heterocycles. The quantitative estimate of drug-likeness (QED) is 0.251. The fourth-order valence-electron chi connectivity index (χ4n) is 4.45. The van der Waals surface area contributed by atoms with Crippen molar-refractivity contribution in [2.24, 2.45) is 0 Å². The van der Waals surface area contributed by atoms with Crippen molar-refractivity contribution in [1.82, 2.24) is 0 Å². The molecule has 0 saturated heterocycles. The largest absolute Gasteiger partial charge is 0.264 e. The Kier molecular flexibility index (Phi) is 6.83. The Morgan fingerprint density at radius 3 is 2.00 bits per heavy atom. The van der Waals surface area contributed by atoms with E-state index >= 15 is 0 Å². The summed E-state index contributed by atoms with van der Waals surface area (Å²) in [7, 11) is -1.91. The Balaban J connectivity index is 2.53. The highest BCUT2D eigenvalue weighted by atomic mass is 28.3. The molecule has 2 aromatic carbocycles. The van der Waals surface area contributed by atoms with Crippen molar-refractivity contribution >= 4 is 18.8 Å². The number of rotatable bonds is 6. The van der Waals surface area contributed by atoms with E-state index in [1.165, 1.54) is 0 Å². The smallest absolute Gasteiger partial charge is 0.221 e. The molecule has 2 aromatic rings. The molecule has 0 saturated carbocycles. The topological polar surface area (TPSA) is 43.1 Å². The second-order valence-corrected chi connectivity index (χ2v) is 13.9. The second-order valence-electron chi connectivity index (χ2n) is 8.34. The zero-order valence-electron chi connectivity index (χ0n) is 17.3. The number of fused-ring (bicyclic) bond motifs is 1. The normalized spacial score (nSPS) is 13.1. The third-order valence-electron chi connectivity index (χ3n) is 5.84. The monoisotopic (exact) mass is 381 g/mol. The Morgan fingerprint density at radius 1 is 0.926 bits per heavy atom. The lowest BCUT2D eigenvalue weighted by molar-refractivity contribution is -0.481. The average molecular weight is 382 g/mol. The van der Waals surface area contributed by atoms with Crippen LogP contribution in [0.3, 0.4) is 0 Å². The highest BCUT2D eigenvalue weighted by molar-refractivity contribution is 6.90. The minimum absolute atomic E-state index is 0.149. The summed E-state index contributed by atoms with van der Waals surface area (Å²) in [6, 6.07) is 14.2. The molecule has 0 heterocycles. The molecule has 0 N–H and O–H groups in total. The van der Waals surface area contributed by atoms with Crippen LogP contribution in [-0.2, 0) is 0 Å². The minimum Gasteiger partial charge on any atom is -0.264 e.